The number of rotatable bonds is 5. The van der Waals surface area contributed by atoms with Gasteiger partial charge in [-0.15, -0.1) is 0 Å². The molecule has 0 heterocycles. The Labute approximate surface area is 113 Å². The van der Waals surface area contributed by atoms with E-state index in [0.29, 0.717) is 0 Å². The van der Waals surface area contributed by atoms with Gasteiger partial charge < -0.3 is 10.2 Å². The van der Waals surface area contributed by atoms with Gasteiger partial charge in [0.25, 0.3) is 0 Å². The molecule has 0 spiro atoms. The molecule has 1 fully saturated rings. The first-order valence-corrected chi connectivity index (χ1v) is 7.23. The zero-order chi connectivity index (χ0) is 12.3. The second-order valence-electron chi connectivity index (χ2n) is 4.75. The van der Waals surface area contributed by atoms with Gasteiger partial charge in [0.1, 0.15) is 0 Å². The minimum Gasteiger partial charge on any atom is -0.371 e. The summed E-state index contributed by atoms with van der Waals surface area (Å²) >= 11 is 3.57. The van der Waals surface area contributed by atoms with Crippen LogP contribution in [0.25, 0.3) is 0 Å². The fourth-order valence-corrected chi connectivity index (χ4v) is 2.59. The Balaban J connectivity index is 2.18. The van der Waals surface area contributed by atoms with Crippen molar-refractivity contribution in [2.45, 2.75) is 38.8 Å². The molecule has 0 radical (unpaired) electrons. The van der Waals surface area contributed by atoms with Gasteiger partial charge >= 0.3 is 0 Å². The molecule has 1 aliphatic carbocycles. The van der Waals surface area contributed by atoms with Crippen molar-refractivity contribution < 1.29 is 0 Å². The van der Waals surface area contributed by atoms with Crippen LogP contribution in [0.5, 0.6) is 0 Å². The van der Waals surface area contributed by atoms with E-state index in [4.69, 9.17) is 0 Å². The number of halogens is 1. The van der Waals surface area contributed by atoms with Crippen molar-refractivity contribution in [3.05, 3.63) is 28.2 Å². The van der Waals surface area contributed by atoms with Crippen molar-refractivity contribution >= 4 is 21.6 Å². The molecule has 0 saturated heterocycles. The third kappa shape index (κ3) is 3.02. The van der Waals surface area contributed by atoms with E-state index in [1.807, 2.05) is 0 Å². The Morgan fingerprint density at radius 3 is 2.76 bits per heavy atom. The normalized spacial score (nSPS) is 15.7. The summed E-state index contributed by atoms with van der Waals surface area (Å²) in [5.74, 6) is 0. The molecule has 0 unspecified atom stereocenters. The maximum Gasteiger partial charge on any atom is 0.0423 e. The van der Waals surface area contributed by atoms with Crippen LogP contribution in [0.3, 0.4) is 0 Å². The third-order valence-corrected chi connectivity index (χ3v) is 4.11. The van der Waals surface area contributed by atoms with E-state index in [-0.39, 0.29) is 0 Å². The molecule has 17 heavy (non-hydrogen) atoms. The summed E-state index contributed by atoms with van der Waals surface area (Å²) in [7, 11) is 2.22. The maximum absolute atomic E-state index is 3.57. The van der Waals surface area contributed by atoms with Crippen molar-refractivity contribution in [2.75, 3.05) is 18.5 Å². The molecule has 1 aliphatic rings. The number of nitrogens with zero attached hydrogens (tertiary/aromatic N) is 1. The van der Waals surface area contributed by atoms with E-state index in [1.165, 1.54) is 35.0 Å². The predicted molar refractivity (Wildman–Crippen MR) is 77.6 cm³/mol. The highest BCUT2D eigenvalue weighted by molar-refractivity contribution is 9.10. The number of hydrogen-bond donors (Lipinski definition) is 1. The van der Waals surface area contributed by atoms with Crippen molar-refractivity contribution in [3.8, 4) is 0 Å². The fourth-order valence-electron chi connectivity index (χ4n) is 2.25. The van der Waals surface area contributed by atoms with Crippen molar-refractivity contribution in [1.82, 2.24) is 5.32 Å². The smallest absolute Gasteiger partial charge is 0.0423 e. The molecule has 0 atom stereocenters. The van der Waals surface area contributed by atoms with Crippen molar-refractivity contribution in [3.63, 3.8) is 0 Å². The topological polar surface area (TPSA) is 15.3 Å². The lowest BCUT2D eigenvalue weighted by Gasteiger charge is -2.37. The Kier molecular flexibility index (Phi) is 4.46. The number of anilines is 1. The molecule has 2 nitrogen and oxygen atoms in total. The second-order valence-corrected chi connectivity index (χ2v) is 5.66. The average molecular weight is 297 g/mol. The molecule has 1 aromatic rings. The van der Waals surface area contributed by atoms with Crippen LogP contribution in [0.2, 0.25) is 0 Å². The molecule has 0 amide bonds. The monoisotopic (exact) mass is 296 g/mol. The maximum atomic E-state index is 3.57. The van der Waals surface area contributed by atoms with E-state index >= 15 is 0 Å². The van der Waals surface area contributed by atoms with Gasteiger partial charge in [0.15, 0.2) is 0 Å². The minimum atomic E-state index is 0.740. The molecule has 3 heteroatoms. The van der Waals surface area contributed by atoms with E-state index in [9.17, 15) is 0 Å². The summed E-state index contributed by atoms with van der Waals surface area (Å²) < 4.78 is 1.17. The highest BCUT2D eigenvalue weighted by Crippen LogP contribution is 2.32. The summed E-state index contributed by atoms with van der Waals surface area (Å²) in [6.07, 6.45) is 4.05. The molecule has 94 valence electrons. The van der Waals surface area contributed by atoms with Crippen LogP contribution >= 0.6 is 15.9 Å². The van der Waals surface area contributed by atoms with Crippen molar-refractivity contribution in [2.24, 2.45) is 0 Å². The van der Waals surface area contributed by atoms with Crippen LogP contribution in [-0.2, 0) is 6.54 Å². The van der Waals surface area contributed by atoms with Crippen LogP contribution in [-0.4, -0.2) is 19.6 Å². The van der Waals surface area contributed by atoms with Gasteiger partial charge in [-0.3, -0.25) is 0 Å². The van der Waals surface area contributed by atoms with Gasteiger partial charge in [-0.2, -0.15) is 0 Å². The highest BCUT2D eigenvalue weighted by atomic mass is 79.9. The zero-order valence-corrected chi connectivity index (χ0v) is 12.3. The molecular weight excluding hydrogens is 276 g/mol. The van der Waals surface area contributed by atoms with E-state index < -0.39 is 0 Å². The summed E-state index contributed by atoms with van der Waals surface area (Å²) in [6, 6.07) is 7.33. The van der Waals surface area contributed by atoms with Crippen LogP contribution < -0.4 is 10.2 Å². The van der Waals surface area contributed by atoms with Gasteiger partial charge in [-0.1, -0.05) is 28.9 Å². The third-order valence-electron chi connectivity index (χ3n) is 3.62. The van der Waals surface area contributed by atoms with Crippen LogP contribution in [0.15, 0.2) is 22.7 Å². The molecule has 1 N–H and O–H groups in total. The first-order chi connectivity index (χ1) is 8.22. The number of benzene rings is 1. The Morgan fingerprint density at radius 2 is 2.18 bits per heavy atom. The standard InChI is InChI=1S/C14H21BrN2/c1-3-16-10-11-7-8-12(15)9-14(11)17(2)13-5-4-6-13/h7-9,13,16H,3-6,10H2,1-2H3. The largest absolute Gasteiger partial charge is 0.371 e. The number of nitrogens with one attached hydrogen (secondary N) is 1. The second kappa shape index (κ2) is 5.87. The van der Waals surface area contributed by atoms with E-state index in [0.717, 1.165) is 19.1 Å². The summed E-state index contributed by atoms with van der Waals surface area (Å²) in [6.45, 7) is 4.12. The van der Waals surface area contributed by atoms with Gasteiger partial charge in [0, 0.05) is 29.8 Å². The van der Waals surface area contributed by atoms with Crippen LogP contribution in [0.1, 0.15) is 31.7 Å². The van der Waals surface area contributed by atoms with Gasteiger partial charge in [-0.05, 0) is 43.5 Å². The molecule has 0 aromatic heterocycles. The Morgan fingerprint density at radius 1 is 1.41 bits per heavy atom. The predicted octanol–water partition coefficient (Wildman–Crippen LogP) is 3.55. The molecule has 2 rings (SSSR count). The zero-order valence-electron chi connectivity index (χ0n) is 10.7. The lowest BCUT2D eigenvalue weighted by molar-refractivity contribution is 0.400. The molecular formula is C14H21BrN2. The Bertz CT molecular complexity index is 374. The van der Waals surface area contributed by atoms with E-state index in [2.05, 4.69) is 58.3 Å². The SMILES string of the molecule is CCNCc1ccc(Br)cc1N(C)C1CCC1. The highest BCUT2D eigenvalue weighted by Gasteiger charge is 2.23. The van der Waals surface area contributed by atoms with Gasteiger partial charge in [0.2, 0.25) is 0 Å². The molecule has 1 aromatic carbocycles. The van der Waals surface area contributed by atoms with Gasteiger partial charge in [0.05, 0.1) is 0 Å². The summed E-state index contributed by atoms with van der Waals surface area (Å²) in [5.41, 5.74) is 2.76. The first kappa shape index (κ1) is 12.9. The molecule has 0 aliphatic heterocycles. The van der Waals surface area contributed by atoms with Crippen LogP contribution in [0, 0.1) is 0 Å². The number of hydrogen-bond acceptors (Lipinski definition) is 2. The lowest BCUT2D eigenvalue weighted by Crippen LogP contribution is -2.37. The molecule has 1 saturated carbocycles. The van der Waals surface area contributed by atoms with Gasteiger partial charge in [-0.25, -0.2) is 0 Å². The summed E-state index contributed by atoms with van der Waals surface area (Å²) in [5, 5.41) is 3.41. The fraction of sp³-hybridized carbons (Fsp3) is 0.571. The Hall–Kier alpha value is -0.540. The summed E-state index contributed by atoms with van der Waals surface area (Å²) in [4.78, 5) is 2.45. The van der Waals surface area contributed by atoms with Crippen LogP contribution in [0.4, 0.5) is 5.69 Å². The average Bonchev–Trinajstić information content (AvgIpc) is 2.25. The molecule has 0 bridgehead atoms. The minimum absolute atomic E-state index is 0.740. The lowest BCUT2D eigenvalue weighted by atomic mass is 9.91. The first-order valence-electron chi connectivity index (χ1n) is 6.44. The quantitative estimate of drug-likeness (QED) is 0.894. The van der Waals surface area contributed by atoms with E-state index in [1.54, 1.807) is 0 Å². The van der Waals surface area contributed by atoms with Crippen molar-refractivity contribution in [1.29, 1.82) is 0 Å².